The fraction of sp³-hybridized carbons (Fsp3) is 0.192. The number of furan rings is 1. The molecule has 2 heterocycles. The summed E-state index contributed by atoms with van der Waals surface area (Å²) in [4.78, 5) is 31.5. The van der Waals surface area contributed by atoms with Crippen LogP contribution in [-0.4, -0.2) is 35.6 Å². The van der Waals surface area contributed by atoms with Gasteiger partial charge in [-0.2, -0.15) is 0 Å². The molecule has 0 spiro atoms. The quantitative estimate of drug-likeness (QED) is 0.346. The molecule has 1 aliphatic heterocycles. The van der Waals surface area contributed by atoms with Crippen LogP contribution in [0.3, 0.4) is 0 Å². The van der Waals surface area contributed by atoms with Crippen molar-refractivity contribution in [1.82, 2.24) is 4.90 Å². The summed E-state index contributed by atoms with van der Waals surface area (Å²) >= 11 is 1.31. The lowest BCUT2D eigenvalue weighted by atomic mass is 10.1. The molecule has 2 aromatic carbocycles. The Kier molecular flexibility index (Phi) is 6.51. The van der Waals surface area contributed by atoms with E-state index in [2.05, 4.69) is 11.9 Å². The van der Waals surface area contributed by atoms with Gasteiger partial charge in [-0.05, 0) is 80.1 Å². The molecule has 0 saturated carbocycles. The molecular formula is C26H24N2O4S. The van der Waals surface area contributed by atoms with Crippen LogP contribution < -0.4 is 0 Å². The average Bonchev–Trinajstić information content (AvgIpc) is 3.37. The SMILES string of the molecule is CCOC(=O)c1cccc(-c2ccc(/C=C3\SC(=Nc4ccc(C)c(C)c4)N(C)C3=O)o2)c1. The molecule has 33 heavy (non-hydrogen) atoms. The number of nitrogens with zero attached hydrogens (tertiary/aromatic N) is 2. The number of aliphatic imine (C=N–C) groups is 1. The monoisotopic (exact) mass is 460 g/mol. The van der Waals surface area contributed by atoms with E-state index in [0.29, 0.717) is 33.8 Å². The van der Waals surface area contributed by atoms with Crippen molar-refractivity contribution in [3.8, 4) is 11.3 Å². The smallest absolute Gasteiger partial charge is 0.338 e. The second-order valence-electron chi connectivity index (χ2n) is 7.64. The van der Waals surface area contributed by atoms with Crippen LogP contribution in [0.5, 0.6) is 0 Å². The fourth-order valence-electron chi connectivity index (χ4n) is 3.29. The number of benzene rings is 2. The van der Waals surface area contributed by atoms with Crippen molar-refractivity contribution in [2.45, 2.75) is 20.8 Å². The molecular weight excluding hydrogens is 436 g/mol. The number of hydrogen-bond acceptors (Lipinski definition) is 6. The highest BCUT2D eigenvalue weighted by Crippen LogP contribution is 2.34. The van der Waals surface area contributed by atoms with E-state index in [1.54, 1.807) is 49.2 Å². The highest BCUT2D eigenvalue weighted by atomic mass is 32.2. The summed E-state index contributed by atoms with van der Waals surface area (Å²) < 4.78 is 11.0. The van der Waals surface area contributed by atoms with Crippen LogP contribution in [-0.2, 0) is 9.53 Å². The Hall–Kier alpha value is -3.58. The summed E-state index contributed by atoms with van der Waals surface area (Å²) in [6.07, 6.45) is 1.71. The van der Waals surface area contributed by atoms with Gasteiger partial charge < -0.3 is 9.15 Å². The van der Waals surface area contributed by atoms with E-state index in [1.165, 1.54) is 17.3 Å². The van der Waals surface area contributed by atoms with Crippen LogP contribution in [0.2, 0.25) is 0 Å². The molecule has 1 amide bonds. The van der Waals surface area contributed by atoms with Crippen LogP contribution in [0.1, 0.15) is 34.2 Å². The lowest BCUT2D eigenvalue weighted by Gasteiger charge is -2.08. The van der Waals surface area contributed by atoms with Crippen molar-refractivity contribution in [3.63, 3.8) is 0 Å². The Labute approximate surface area is 197 Å². The first-order valence-electron chi connectivity index (χ1n) is 10.6. The highest BCUT2D eigenvalue weighted by molar-refractivity contribution is 8.18. The van der Waals surface area contributed by atoms with Gasteiger partial charge in [-0.1, -0.05) is 18.2 Å². The predicted octanol–water partition coefficient (Wildman–Crippen LogP) is 5.97. The van der Waals surface area contributed by atoms with Crippen LogP contribution in [0.4, 0.5) is 5.69 Å². The molecule has 0 aliphatic carbocycles. The number of carbonyl (C=O) groups excluding carboxylic acids is 2. The van der Waals surface area contributed by atoms with Crippen molar-refractivity contribution in [1.29, 1.82) is 0 Å². The van der Waals surface area contributed by atoms with Crippen LogP contribution in [0.15, 0.2) is 68.9 Å². The van der Waals surface area contributed by atoms with Crippen molar-refractivity contribution < 1.29 is 18.7 Å². The van der Waals surface area contributed by atoms with Crippen LogP contribution in [0, 0.1) is 13.8 Å². The van der Waals surface area contributed by atoms with E-state index < -0.39 is 0 Å². The van der Waals surface area contributed by atoms with Gasteiger partial charge in [0.15, 0.2) is 5.17 Å². The Balaban J connectivity index is 1.56. The average molecular weight is 461 g/mol. The number of rotatable bonds is 5. The summed E-state index contributed by atoms with van der Waals surface area (Å²) in [7, 11) is 1.71. The van der Waals surface area contributed by atoms with Gasteiger partial charge in [-0.3, -0.25) is 9.69 Å². The van der Waals surface area contributed by atoms with E-state index in [-0.39, 0.29) is 11.9 Å². The minimum Gasteiger partial charge on any atom is -0.462 e. The summed E-state index contributed by atoms with van der Waals surface area (Å²) in [6, 6.07) is 16.7. The second kappa shape index (κ2) is 9.50. The van der Waals surface area contributed by atoms with Gasteiger partial charge in [0.1, 0.15) is 11.5 Å². The Bertz CT molecular complexity index is 1290. The zero-order valence-electron chi connectivity index (χ0n) is 18.9. The number of carbonyl (C=O) groups is 2. The molecule has 168 valence electrons. The molecule has 1 fully saturated rings. The maximum absolute atomic E-state index is 12.8. The van der Waals surface area contributed by atoms with Gasteiger partial charge in [0, 0.05) is 18.7 Å². The molecule has 1 aromatic heterocycles. The number of esters is 1. The summed E-state index contributed by atoms with van der Waals surface area (Å²) in [6.45, 7) is 6.18. The van der Waals surface area contributed by atoms with Crippen molar-refractivity contribution in [3.05, 3.63) is 82.0 Å². The second-order valence-corrected chi connectivity index (χ2v) is 8.65. The molecule has 0 unspecified atom stereocenters. The van der Waals surface area contributed by atoms with E-state index in [1.807, 2.05) is 37.3 Å². The molecule has 1 saturated heterocycles. The van der Waals surface area contributed by atoms with Crippen molar-refractivity contribution >= 4 is 40.6 Å². The number of likely N-dealkylation sites (N-methyl/N-ethyl adjacent to an activating group) is 1. The zero-order valence-corrected chi connectivity index (χ0v) is 19.7. The lowest BCUT2D eigenvalue weighted by molar-refractivity contribution is -0.121. The van der Waals surface area contributed by atoms with E-state index in [0.717, 1.165) is 16.8 Å². The Morgan fingerprint density at radius 2 is 1.94 bits per heavy atom. The topological polar surface area (TPSA) is 72.1 Å². The Morgan fingerprint density at radius 1 is 1.12 bits per heavy atom. The number of aryl methyl sites for hydroxylation is 2. The third-order valence-electron chi connectivity index (χ3n) is 5.28. The molecule has 6 nitrogen and oxygen atoms in total. The maximum atomic E-state index is 12.8. The normalized spacial score (nSPS) is 16.1. The molecule has 4 rings (SSSR count). The number of amides is 1. The van der Waals surface area contributed by atoms with Gasteiger partial charge in [0.05, 0.1) is 22.8 Å². The summed E-state index contributed by atoms with van der Waals surface area (Å²) in [5.74, 6) is 0.633. The van der Waals surface area contributed by atoms with Crippen molar-refractivity contribution in [2.75, 3.05) is 13.7 Å². The number of thioether (sulfide) groups is 1. The maximum Gasteiger partial charge on any atom is 0.338 e. The lowest BCUT2D eigenvalue weighted by Crippen LogP contribution is -2.23. The van der Waals surface area contributed by atoms with Gasteiger partial charge >= 0.3 is 5.97 Å². The van der Waals surface area contributed by atoms with Gasteiger partial charge in [0.2, 0.25) is 0 Å². The molecule has 0 atom stereocenters. The molecule has 7 heteroatoms. The van der Waals surface area contributed by atoms with Gasteiger partial charge in [-0.25, -0.2) is 9.79 Å². The fourth-order valence-corrected chi connectivity index (χ4v) is 4.25. The predicted molar refractivity (Wildman–Crippen MR) is 131 cm³/mol. The molecule has 0 bridgehead atoms. The highest BCUT2D eigenvalue weighted by Gasteiger charge is 2.30. The molecule has 1 aliphatic rings. The number of hydrogen-bond donors (Lipinski definition) is 0. The molecule has 3 aromatic rings. The van der Waals surface area contributed by atoms with E-state index >= 15 is 0 Å². The summed E-state index contributed by atoms with van der Waals surface area (Å²) in [5, 5.41) is 0.614. The van der Waals surface area contributed by atoms with Crippen molar-refractivity contribution in [2.24, 2.45) is 4.99 Å². The minimum atomic E-state index is -0.375. The van der Waals surface area contributed by atoms with Crippen LogP contribution >= 0.6 is 11.8 Å². The standard InChI is InChI=1S/C26H24N2O4S/c1-5-31-25(30)19-8-6-7-18(14-19)22-12-11-21(32-22)15-23-24(29)28(4)26(33-23)27-20-10-9-16(2)17(3)13-20/h6-15H,5H2,1-4H3/b23-15-,27-26?. The van der Waals surface area contributed by atoms with E-state index in [9.17, 15) is 9.59 Å². The first-order chi connectivity index (χ1) is 15.9. The van der Waals surface area contributed by atoms with Gasteiger partial charge in [-0.15, -0.1) is 0 Å². The third-order valence-corrected chi connectivity index (χ3v) is 6.34. The minimum absolute atomic E-state index is 0.134. The third kappa shape index (κ3) is 4.93. The van der Waals surface area contributed by atoms with Crippen LogP contribution in [0.25, 0.3) is 17.4 Å². The molecule has 0 radical (unpaired) electrons. The Morgan fingerprint density at radius 3 is 2.70 bits per heavy atom. The summed E-state index contributed by atoms with van der Waals surface area (Å²) in [5.41, 5.74) is 4.37. The first-order valence-corrected chi connectivity index (χ1v) is 11.4. The van der Waals surface area contributed by atoms with Gasteiger partial charge in [0.25, 0.3) is 5.91 Å². The first kappa shape index (κ1) is 22.6. The zero-order chi connectivity index (χ0) is 23.5. The van der Waals surface area contributed by atoms with E-state index in [4.69, 9.17) is 9.15 Å². The molecule has 0 N–H and O–H groups in total. The number of amidine groups is 1. The number of ether oxygens (including phenoxy) is 1. The largest absolute Gasteiger partial charge is 0.462 e.